The van der Waals surface area contributed by atoms with E-state index in [9.17, 15) is 4.79 Å². The zero-order valence-electron chi connectivity index (χ0n) is 17.3. The van der Waals surface area contributed by atoms with Gasteiger partial charge in [-0.1, -0.05) is 36.4 Å². The van der Waals surface area contributed by atoms with Crippen molar-refractivity contribution in [2.45, 2.75) is 25.9 Å². The zero-order chi connectivity index (χ0) is 20.6. The Hall–Kier alpha value is -2.79. The number of hydrogen-bond donors (Lipinski definition) is 0. The molecule has 0 radical (unpaired) electrons. The molecular weight excluding hydrogens is 380 g/mol. The number of para-hydroxylation sites is 1. The Morgan fingerprint density at radius 3 is 2.38 bits per heavy atom. The number of thiophene rings is 1. The van der Waals surface area contributed by atoms with E-state index < -0.39 is 0 Å². The molecule has 3 rings (SSSR count). The van der Waals surface area contributed by atoms with Gasteiger partial charge in [0.25, 0.3) is 0 Å². The molecule has 0 N–H and O–H groups in total. The van der Waals surface area contributed by atoms with Gasteiger partial charge in [0.05, 0.1) is 13.7 Å². The van der Waals surface area contributed by atoms with Gasteiger partial charge in [0.15, 0.2) is 0 Å². The van der Waals surface area contributed by atoms with E-state index in [2.05, 4.69) is 35.2 Å². The first-order valence-electron chi connectivity index (χ1n) is 9.75. The number of benzene rings is 2. The lowest BCUT2D eigenvalue weighted by atomic mass is 10.1. The fourth-order valence-corrected chi connectivity index (χ4v) is 3.95. The first-order chi connectivity index (χ1) is 14.1. The van der Waals surface area contributed by atoms with Crippen LogP contribution < -0.4 is 9.64 Å². The highest BCUT2D eigenvalue weighted by molar-refractivity contribution is 7.09. The van der Waals surface area contributed by atoms with Crippen molar-refractivity contribution in [1.29, 1.82) is 0 Å². The largest absolute Gasteiger partial charge is 0.496 e. The summed E-state index contributed by atoms with van der Waals surface area (Å²) in [5, 5.41) is 2.05. The van der Waals surface area contributed by atoms with Crippen LogP contribution in [0.25, 0.3) is 0 Å². The van der Waals surface area contributed by atoms with Crippen LogP contribution in [0.15, 0.2) is 66.0 Å². The number of amides is 1. The molecule has 29 heavy (non-hydrogen) atoms. The molecule has 0 atom stereocenters. The van der Waals surface area contributed by atoms with Crippen molar-refractivity contribution in [2.75, 3.05) is 26.1 Å². The number of carbonyl (C=O) groups is 1. The molecule has 4 nitrogen and oxygen atoms in total. The summed E-state index contributed by atoms with van der Waals surface area (Å²) in [5.74, 6) is 0.969. The Balaban J connectivity index is 1.70. The Bertz CT molecular complexity index is 905. The van der Waals surface area contributed by atoms with Gasteiger partial charge in [-0.15, -0.1) is 11.3 Å². The number of aryl methyl sites for hydroxylation is 1. The fourth-order valence-electron chi connectivity index (χ4n) is 3.23. The molecule has 0 bridgehead atoms. The van der Waals surface area contributed by atoms with E-state index in [-0.39, 0.29) is 5.91 Å². The first-order valence-corrected chi connectivity index (χ1v) is 10.6. The topological polar surface area (TPSA) is 32.8 Å². The average molecular weight is 409 g/mol. The second-order valence-electron chi connectivity index (χ2n) is 7.20. The molecule has 5 heteroatoms. The van der Waals surface area contributed by atoms with Crippen molar-refractivity contribution in [3.8, 4) is 5.75 Å². The summed E-state index contributed by atoms with van der Waals surface area (Å²) in [6, 6.07) is 20.4. The molecule has 0 aliphatic rings. The van der Waals surface area contributed by atoms with Crippen LogP contribution in [0.2, 0.25) is 0 Å². The lowest BCUT2D eigenvalue weighted by Crippen LogP contribution is -2.30. The van der Waals surface area contributed by atoms with Crippen LogP contribution in [0.1, 0.15) is 22.4 Å². The van der Waals surface area contributed by atoms with E-state index in [0.29, 0.717) is 19.5 Å². The molecule has 0 aliphatic heterocycles. The van der Waals surface area contributed by atoms with Gasteiger partial charge in [-0.25, -0.2) is 0 Å². The van der Waals surface area contributed by atoms with Crippen molar-refractivity contribution in [3.05, 3.63) is 82.0 Å². The Kier molecular flexibility index (Phi) is 7.30. The number of anilines is 1. The Morgan fingerprint density at radius 2 is 1.72 bits per heavy atom. The lowest BCUT2D eigenvalue weighted by molar-refractivity contribution is -0.132. The molecule has 2 aromatic carbocycles. The highest BCUT2D eigenvalue weighted by Gasteiger charge is 2.17. The van der Waals surface area contributed by atoms with E-state index in [4.69, 9.17) is 4.74 Å². The smallest absolute Gasteiger partial charge is 0.223 e. The lowest BCUT2D eigenvalue weighted by Gasteiger charge is -2.23. The van der Waals surface area contributed by atoms with Gasteiger partial charge in [-0.05, 0) is 41.6 Å². The third kappa shape index (κ3) is 5.84. The standard InChI is InChI=1S/C24H28N2O2S/c1-25(2)21-13-10-19(11-14-21)12-15-24(27)26(18-22-8-6-16-29-22)17-20-7-4-5-9-23(20)28-3/h4-11,13-14,16H,12,15,17-18H2,1-3H3. The minimum atomic E-state index is 0.154. The summed E-state index contributed by atoms with van der Waals surface area (Å²) >= 11 is 1.68. The molecule has 0 fully saturated rings. The molecule has 1 amide bonds. The number of carbonyl (C=O) groups excluding carboxylic acids is 1. The predicted molar refractivity (Wildman–Crippen MR) is 121 cm³/mol. The Labute approximate surface area is 177 Å². The zero-order valence-corrected chi connectivity index (χ0v) is 18.1. The van der Waals surface area contributed by atoms with Crippen LogP contribution in [0.3, 0.4) is 0 Å². The van der Waals surface area contributed by atoms with E-state index in [1.54, 1.807) is 18.4 Å². The third-order valence-electron chi connectivity index (χ3n) is 4.91. The number of hydrogen-bond acceptors (Lipinski definition) is 4. The fraction of sp³-hybridized carbons (Fsp3) is 0.292. The van der Waals surface area contributed by atoms with Crippen molar-refractivity contribution >= 4 is 22.9 Å². The van der Waals surface area contributed by atoms with E-state index in [0.717, 1.165) is 23.4 Å². The molecule has 0 unspecified atom stereocenters. The van der Waals surface area contributed by atoms with Crippen LogP contribution in [0, 0.1) is 0 Å². The van der Waals surface area contributed by atoms with Gasteiger partial charge in [0.1, 0.15) is 5.75 Å². The summed E-state index contributed by atoms with van der Waals surface area (Å²) in [6.45, 7) is 1.16. The second kappa shape index (κ2) is 10.1. The van der Waals surface area contributed by atoms with Gasteiger partial charge in [0.2, 0.25) is 5.91 Å². The van der Waals surface area contributed by atoms with E-state index in [1.165, 1.54) is 10.4 Å². The maximum absolute atomic E-state index is 13.1. The van der Waals surface area contributed by atoms with Gasteiger partial charge >= 0.3 is 0 Å². The van der Waals surface area contributed by atoms with Gasteiger partial charge < -0.3 is 14.5 Å². The molecule has 0 saturated heterocycles. The minimum Gasteiger partial charge on any atom is -0.496 e. The third-order valence-corrected chi connectivity index (χ3v) is 5.77. The first kappa shape index (κ1) is 20.9. The van der Waals surface area contributed by atoms with Gasteiger partial charge in [0, 0.05) is 43.2 Å². The quantitative estimate of drug-likeness (QED) is 0.500. The molecule has 1 heterocycles. The predicted octanol–water partition coefficient (Wildman–Crippen LogP) is 4.98. The number of methoxy groups -OCH3 is 1. The molecule has 1 aromatic heterocycles. The molecular formula is C24H28N2O2S. The van der Waals surface area contributed by atoms with Gasteiger partial charge in [-0.2, -0.15) is 0 Å². The van der Waals surface area contributed by atoms with E-state index >= 15 is 0 Å². The van der Waals surface area contributed by atoms with Crippen LogP contribution in [-0.4, -0.2) is 32.0 Å². The molecule has 0 aliphatic carbocycles. The number of nitrogens with zero attached hydrogens (tertiary/aromatic N) is 2. The maximum Gasteiger partial charge on any atom is 0.223 e. The summed E-state index contributed by atoms with van der Waals surface area (Å²) in [5.41, 5.74) is 3.36. The summed E-state index contributed by atoms with van der Waals surface area (Å²) in [4.78, 5) is 18.3. The van der Waals surface area contributed by atoms with Crippen LogP contribution in [0.4, 0.5) is 5.69 Å². The van der Waals surface area contributed by atoms with Crippen molar-refractivity contribution in [1.82, 2.24) is 4.90 Å². The normalized spacial score (nSPS) is 10.6. The maximum atomic E-state index is 13.1. The van der Waals surface area contributed by atoms with Crippen LogP contribution >= 0.6 is 11.3 Å². The summed E-state index contributed by atoms with van der Waals surface area (Å²) in [6.07, 6.45) is 1.22. The van der Waals surface area contributed by atoms with E-state index in [1.807, 2.05) is 54.7 Å². The Morgan fingerprint density at radius 1 is 0.966 bits per heavy atom. The molecule has 152 valence electrons. The summed E-state index contributed by atoms with van der Waals surface area (Å²) in [7, 11) is 5.72. The number of rotatable bonds is 9. The summed E-state index contributed by atoms with van der Waals surface area (Å²) < 4.78 is 5.48. The van der Waals surface area contributed by atoms with Crippen molar-refractivity contribution < 1.29 is 9.53 Å². The second-order valence-corrected chi connectivity index (χ2v) is 8.23. The molecule has 0 saturated carbocycles. The SMILES string of the molecule is COc1ccccc1CN(Cc1cccs1)C(=O)CCc1ccc(N(C)C)cc1. The molecule has 3 aromatic rings. The molecule has 0 spiro atoms. The van der Waals surface area contributed by atoms with Gasteiger partial charge in [-0.3, -0.25) is 4.79 Å². The number of ether oxygens (including phenoxy) is 1. The highest BCUT2D eigenvalue weighted by Crippen LogP contribution is 2.22. The van der Waals surface area contributed by atoms with Crippen molar-refractivity contribution in [3.63, 3.8) is 0 Å². The average Bonchev–Trinajstić information content (AvgIpc) is 3.25. The van der Waals surface area contributed by atoms with Crippen LogP contribution in [-0.2, 0) is 24.3 Å². The highest BCUT2D eigenvalue weighted by atomic mass is 32.1. The van der Waals surface area contributed by atoms with Crippen molar-refractivity contribution in [2.24, 2.45) is 0 Å². The minimum absolute atomic E-state index is 0.154. The van der Waals surface area contributed by atoms with Crippen LogP contribution in [0.5, 0.6) is 5.75 Å². The monoisotopic (exact) mass is 408 g/mol.